The van der Waals surface area contributed by atoms with Gasteiger partial charge in [-0.2, -0.15) is 0 Å². The number of para-hydroxylation sites is 2. The molecule has 1 fully saturated rings. The van der Waals surface area contributed by atoms with E-state index in [0.29, 0.717) is 6.04 Å². The van der Waals surface area contributed by atoms with Crippen LogP contribution >= 0.6 is 23.3 Å². The molecule has 0 aliphatic heterocycles. The molecule has 1 saturated carbocycles. The summed E-state index contributed by atoms with van der Waals surface area (Å²) in [6.07, 6.45) is 10.8. The molecule has 2 aromatic carbocycles. The van der Waals surface area contributed by atoms with Crippen molar-refractivity contribution in [1.29, 1.82) is 0 Å². The van der Waals surface area contributed by atoms with Crippen LogP contribution in [0.3, 0.4) is 0 Å². The van der Waals surface area contributed by atoms with Crippen LogP contribution in [0.25, 0.3) is 10.2 Å². The maximum Gasteiger partial charge on any atom is 0.171 e. The van der Waals surface area contributed by atoms with Crippen LogP contribution in [0.5, 0.6) is 0 Å². The summed E-state index contributed by atoms with van der Waals surface area (Å²) in [5.41, 5.74) is 2.42. The molecule has 3 aromatic rings. The van der Waals surface area contributed by atoms with Gasteiger partial charge in [-0.1, -0.05) is 68.9 Å². The van der Waals surface area contributed by atoms with Crippen LogP contribution in [-0.4, -0.2) is 11.0 Å². The molecule has 1 heterocycles. The minimum Gasteiger partial charge on any atom is -0.307 e. The molecule has 0 spiro atoms. The Morgan fingerprint density at radius 1 is 0.808 bits per heavy atom. The fraction of sp³-hybridized carbons (Fsp3) is 0.409. The van der Waals surface area contributed by atoms with Gasteiger partial charge in [0.2, 0.25) is 0 Å². The van der Waals surface area contributed by atoms with Crippen molar-refractivity contribution in [2.45, 2.75) is 61.7 Å². The highest BCUT2D eigenvalue weighted by molar-refractivity contribution is 8.02. The van der Waals surface area contributed by atoms with Gasteiger partial charge in [0.25, 0.3) is 0 Å². The highest BCUT2D eigenvalue weighted by Gasteiger charge is 2.22. The highest BCUT2D eigenvalue weighted by atomic mass is 32.2. The number of thiazole rings is 1. The van der Waals surface area contributed by atoms with E-state index in [0.717, 1.165) is 9.86 Å². The van der Waals surface area contributed by atoms with Crippen LogP contribution in [0.15, 0.2) is 58.9 Å². The van der Waals surface area contributed by atoms with E-state index < -0.39 is 0 Å². The van der Waals surface area contributed by atoms with E-state index in [-0.39, 0.29) is 0 Å². The van der Waals surface area contributed by atoms with Gasteiger partial charge in [0.15, 0.2) is 4.34 Å². The molecule has 0 radical (unpaired) electrons. The summed E-state index contributed by atoms with van der Waals surface area (Å²) in [4.78, 5) is 4.87. The predicted octanol–water partition coefficient (Wildman–Crippen LogP) is 7.31. The molecule has 0 atom stereocenters. The number of hydrogen-bond donors (Lipinski definition) is 0. The first-order valence-electron chi connectivity index (χ1n) is 9.78. The normalized spacial score (nSPS) is 16.8. The Labute approximate surface area is 164 Å². The Balaban J connectivity index is 1.61. The van der Waals surface area contributed by atoms with Gasteiger partial charge in [-0.05, 0) is 37.1 Å². The summed E-state index contributed by atoms with van der Waals surface area (Å²) in [5, 5.41) is 0. The number of hydrogen-bond acceptors (Lipinski definition) is 4. The number of fused-ring (bicyclic) bond motifs is 1. The standard InChI is InChI=1S/C22H26N2S2/c1-2-4-7-13-18(12-6-3-1)24(19-14-8-5-9-15-19)26-22-23-20-16-10-11-17-21(20)25-22/h5,8-11,14-18H,1-4,6-7,12-13H2. The molecular weight excluding hydrogens is 356 g/mol. The van der Waals surface area contributed by atoms with Crippen LogP contribution in [0, 0.1) is 0 Å². The van der Waals surface area contributed by atoms with E-state index in [4.69, 9.17) is 4.98 Å². The van der Waals surface area contributed by atoms with E-state index in [1.165, 1.54) is 61.8 Å². The summed E-state index contributed by atoms with van der Waals surface area (Å²) in [6.45, 7) is 0. The maximum absolute atomic E-state index is 4.87. The fourth-order valence-electron chi connectivity index (χ4n) is 3.73. The van der Waals surface area contributed by atoms with Crippen molar-refractivity contribution in [2.24, 2.45) is 0 Å². The average Bonchev–Trinajstić information content (AvgIpc) is 3.14. The molecule has 2 nitrogen and oxygen atoms in total. The topological polar surface area (TPSA) is 16.1 Å². The van der Waals surface area contributed by atoms with Crippen LogP contribution in [0.2, 0.25) is 0 Å². The number of nitrogens with zero attached hydrogens (tertiary/aromatic N) is 2. The first kappa shape index (κ1) is 17.9. The molecule has 0 unspecified atom stereocenters. The lowest BCUT2D eigenvalue weighted by Gasteiger charge is -2.31. The summed E-state index contributed by atoms with van der Waals surface area (Å²) >= 11 is 3.65. The second kappa shape index (κ2) is 8.92. The summed E-state index contributed by atoms with van der Waals surface area (Å²) < 4.78 is 4.97. The van der Waals surface area contributed by atoms with Gasteiger partial charge in [-0.25, -0.2) is 4.98 Å². The number of benzene rings is 2. The van der Waals surface area contributed by atoms with Gasteiger partial charge in [-0.3, -0.25) is 0 Å². The van der Waals surface area contributed by atoms with Crippen LogP contribution in [0.4, 0.5) is 5.69 Å². The van der Waals surface area contributed by atoms with E-state index >= 15 is 0 Å². The van der Waals surface area contributed by atoms with Crippen molar-refractivity contribution >= 4 is 39.2 Å². The lowest BCUT2D eigenvalue weighted by molar-refractivity contribution is 0.540. The maximum atomic E-state index is 4.87. The van der Waals surface area contributed by atoms with Gasteiger partial charge >= 0.3 is 0 Å². The zero-order valence-corrected chi connectivity index (χ0v) is 16.8. The van der Waals surface area contributed by atoms with Crippen LogP contribution in [-0.2, 0) is 0 Å². The Hall–Kier alpha value is -1.52. The third-order valence-corrected chi connectivity index (χ3v) is 7.38. The molecule has 1 aliphatic rings. The van der Waals surface area contributed by atoms with E-state index in [1.807, 2.05) is 23.3 Å². The molecule has 0 saturated heterocycles. The second-order valence-electron chi connectivity index (χ2n) is 7.05. The number of rotatable bonds is 4. The Bertz CT molecular complexity index is 772. The Kier molecular flexibility index (Phi) is 6.13. The van der Waals surface area contributed by atoms with Crippen molar-refractivity contribution < 1.29 is 0 Å². The number of aromatic nitrogens is 1. The second-order valence-corrected chi connectivity index (χ2v) is 9.30. The molecule has 1 aliphatic carbocycles. The van der Waals surface area contributed by atoms with Gasteiger partial charge in [0, 0.05) is 23.7 Å². The van der Waals surface area contributed by atoms with Crippen molar-refractivity contribution in [3.05, 3.63) is 54.6 Å². The fourth-order valence-corrected chi connectivity index (χ4v) is 5.98. The minimum absolute atomic E-state index is 0.590. The first-order chi connectivity index (χ1) is 12.9. The SMILES string of the molecule is c1ccc(N(Sc2nc3ccccc3s2)C2CCCCCCCC2)cc1. The smallest absolute Gasteiger partial charge is 0.171 e. The molecular formula is C22H26N2S2. The van der Waals surface area contributed by atoms with Crippen molar-refractivity contribution in [2.75, 3.05) is 4.31 Å². The molecule has 4 rings (SSSR count). The van der Waals surface area contributed by atoms with E-state index in [9.17, 15) is 0 Å². The largest absolute Gasteiger partial charge is 0.307 e. The van der Waals surface area contributed by atoms with Crippen molar-refractivity contribution in [3.63, 3.8) is 0 Å². The lowest BCUT2D eigenvalue weighted by atomic mass is 10.0. The monoisotopic (exact) mass is 382 g/mol. The molecule has 4 heteroatoms. The zero-order chi connectivity index (χ0) is 17.6. The van der Waals surface area contributed by atoms with Crippen LogP contribution < -0.4 is 4.31 Å². The Morgan fingerprint density at radius 3 is 2.19 bits per heavy atom. The van der Waals surface area contributed by atoms with Crippen molar-refractivity contribution in [3.8, 4) is 0 Å². The molecule has 136 valence electrons. The lowest BCUT2D eigenvalue weighted by Crippen LogP contribution is -2.29. The van der Waals surface area contributed by atoms with Crippen LogP contribution in [0.1, 0.15) is 51.4 Å². The number of anilines is 1. The Morgan fingerprint density at radius 2 is 1.46 bits per heavy atom. The van der Waals surface area contributed by atoms with Crippen molar-refractivity contribution in [1.82, 2.24) is 4.98 Å². The molecule has 26 heavy (non-hydrogen) atoms. The quantitative estimate of drug-likeness (QED) is 0.440. The van der Waals surface area contributed by atoms with E-state index in [1.54, 1.807) is 0 Å². The molecule has 0 N–H and O–H groups in total. The third-order valence-electron chi connectivity index (χ3n) is 5.12. The summed E-state index contributed by atoms with van der Waals surface area (Å²) in [5.74, 6) is 0. The highest BCUT2D eigenvalue weighted by Crippen LogP contribution is 2.38. The van der Waals surface area contributed by atoms with Gasteiger partial charge in [-0.15, -0.1) is 11.3 Å². The molecule has 0 amide bonds. The molecule has 0 bridgehead atoms. The summed E-state index contributed by atoms with van der Waals surface area (Å²) in [6, 6.07) is 19.9. The minimum atomic E-state index is 0.590. The van der Waals surface area contributed by atoms with Gasteiger partial charge < -0.3 is 4.31 Å². The zero-order valence-electron chi connectivity index (χ0n) is 15.1. The molecule has 1 aromatic heterocycles. The summed E-state index contributed by atoms with van der Waals surface area (Å²) in [7, 11) is 0. The third kappa shape index (κ3) is 4.41. The average molecular weight is 383 g/mol. The predicted molar refractivity (Wildman–Crippen MR) is 115 cm³/mol. The van der Waals surface area contributed by atoms with Gasteiger partial charge in [0.1, 0.15) is 0 Å². The van der Waals surface area contributed by atoms with E-state index in [2.05, 4.69) is 58.9 Å². The first-order valence-corrected chi connectivity index (χ1v) is 11.4. The van der Waals surface area contributed by atoms with Gasteiger partial charge in [0.05, 0.1) is 10.2 Å².